The molecule has 2 aromatic carbocycles. The molecule has 0 radical (unpaired) electrons. The molecule has 260 valence electrons. The first-order valence-corrected chi connectivity index (χ1v) is 19.5. The molecule has 4 aromatic rings. The molecule has 1 spiro atoms. The zero-order valence-electron chi connectivity index (χ0n) is 29.4. The highest BCUT2D eigenvalue weighted by Gasteiger charge is 2.78. The Morgan fingerprint density at radius 2 is 1.84 bits per heavy atom. The fourth-order valence-electron chi connectivity index (χ4n) is 10.4. The number of para-hydroxylation sites is 1. The van der Waals surface area contributed by atoms with E-state index in [0.29, 0.717) is 35.2 Å². The number of likely N-dealkylation sites (N-methyl/N-ethyl adjacent to an activating group) is 1. The molecule has 3 aliphatic heterocycles. The van der Waals surface area contributed by atoms with Gasteiger partial charge in [0.2, 0.25) is 11.8 Å². The molecule has 2 saturated heterocycles. The quantitative estimate of drug-likeness (QED) is 0.215. The van der Waals surface area contributed by atoms with Crippen molar-refractivity contribution in [2.45, 2.75) is 100 Å². The first-order chi connectivity index (χ1) is 24.4. The van der Waals surface area contributed by atoms with Crippen molar-refractivity contribution in [2.24, 2.45) is 5.41 Å². The average Bonchev–Trinajstić information content (AvgIpc) is 3.79. The normalized spacial score (nSPS) is 28.8. The number of rotatable bonds is 6. The van der Waals surface area contributed by atoms with Crippen LogP contribution < -0.4 is 9.46 Å². The number of likely N-dealkylation sites (tertiary alicyclic amines) is 2. The highest BCUT2D eigenvalue weighted by atomic mass is 32.2. The molecule has 3 aliphatic carbocycles. The van der Waals surface area contributed by atoms with Gasteiger partial charge in [-0.15, -0.1) is 0 Å². The van der Waals surface area contributed by atoms with Crippen molar-refractivity contribution < 1.29 is 14.3 Å². The van der Waals surface area contributed by atoms with Gasteiger partial charge in [-0.3, -0.25) is 19.5 Å². The number of nitrogens with zero attached hydrogens (tertiary/aromatic N) is 4. The van der Waals surface area contributed by atoms with Crippen molar-refractivity contribution in [3.63, 3.8) is 0 Å². The number of nitrogens with one attached hydrogen (secondary N) is 1. The molecular weight excluding hydrogens is 643 g/mol. The zero-order chi connectivity index (χ0) is 34.2. The van der Waals surface area contributed by atoms with E-state index in [1.807, 2.05) is 18.2 Å². The van der Waals surface area contributed by atoms with Crippen LogP contribution in [0, 0.1) is 5.41 Å². The van der Waals surface area contributed by atoms with Gasteiger partial charge in [0.05, 0.1) is 47.3 Å². The van der Waals surface area contributed by atoms with E-state index in [1.165, 1.54) is 97.1 Å². The minimum Gasteiger partial charge on any atom is -0.497 e. The SMILES string of the molecule is CC(=O)NSCc1ccccn1.COc1ccc2c(c1)C1CC1(C(=O)N1C3CCC34C1CN4C)Cn1c-2c(C2CCCCC2)c2ccccc21. The van der Waals surface area contributed by atoms with Gasteiger partial charge in [0.1, 0.15) is 5.75 Å². The Morgan fingerprint density at radius 3 is 2.54 bits per heavy atom. The number of fused-ring (bicyclic) bond motifs is 7. The van der Waals surface area contributed by atoms with Crippen LogP contribution in [0.4, 0.5) is 0 Å². The van der Waals surface area contributed by atoms with Crippen molar-refractivity contribution in [3.05, 3.63) is 83.7 Å². The Bertz CT molecular complexity index is 1970. The highest BCUT2D eigenvalue weighted by Crippen LogP contribution is 2.69. The molecule has 5 unspecified atom stereocenters. The number of amides is 2. The van der Waals surface area contributed by atoms with Crippen LogP contribution in [0.1, 0.15) is 86.9 Å². The van der Waals surface area contributed by atoms with E-state index in [4.69, 9.17) is 4.74 Å². The van der Waals surface area contributed by atoms with Gasteiger partial charge in [-0.1, -0.05) is 43.5 Å². The van der Waals surface area contributed by atoms with Gasteiger partial charge in [-0.05, 0) is 105 Å². The lowest BCUT2D eigenvalue weighted by atomic mass is 9.52. The van der Waals surface area contributed by atoms with Crippen LogP contribution >= 0.6 is 11.9 Å². The lowest BCUT2D eigenvalue weighted by molar-refractivity contribution is -0.278. The average molecular weight is 690 g/mol. The number of methoxy groups -OCH3 is 1. The summed E-state index contributed by atoms with van der Waals surface area (Å²) in [7, 11) is 4.01. The third-order valence-electron chi connectivity index (χ3n) is 13.1. The fourth-order valence-corrected chi connectivity index (χ4v) is 11.0. The standard InChI is InChI=1S/C33H37N3O2.C8H10N2OS/c1-34-18-28-33(34)15-14-27(33)36(28)31(37)32-17-25(32)24-16-21(38-2)12-13-22(24)30-29(20-8-4-3-5-9-20)23-10-6-7-11-26(23)35(30)19-32;1-7(11)10-12-6-8-4-2-3-5-9-8/h6-7,10-13,16,20,25,27-28H,3-5,8-9,14-15,17-19H2,1-2H3;2-5H,6H2,1H3,(H,10,11). The van der Waals surface area contributed by atoms with Crippen molar-refractivity contribution >= 4 is 34.7 Å². The van der Waals surface area contributed by atoms with Crippen molar-refractivity contribution in [3.8, 4) is 17.0 Å². The molecule has 5 atom stereocenters. The maximum absolute atomic E-state index is 14.7. The molecular formula is C41H47N5O3S. The number of pyridine rings is 1. The Hall–Kier alpha value is -3.82. The van der Waals surface area contributed by atoms with Gasteiger partial charge in [0.15, 0.2) is 0 Å². The maximum Gasteiger partial charge on any atom is 0.231 e. The fraction of sp³-hybridized carbons (Fsp3) is 0.488. The summed E-state index contributed by atoms with van der Waals surface area (Å²) in [5.41, 5.74) is 7.85. The predicted octanol–water partition coefficient (Wildman–Crippen LogP) is 7.28. The summed E-state index contributed by atoms with van der Waals surface area (Å²) in [6.07, 6.45) is 11.7. The molecule has 5 heterocycles. The third kappa shape index (κ3) is 4.71. The zero-order valence-corrected chi connectivity index (χ0v) is 30.2. The van der Waals surface area contributed by atoms with Crippen LogP contribution in [0.5, 0.6) is 5.75 Å². The minimum absolute atomic E-state index is 0.0315. The molecule has 3 saturated carbocycles. The number of carbonyl (C=O) groups excluding carboxylic acids is 2. The molecule has 2 aromatic heterocycles. The van der Waals surface area contributed by atoms with Gasteiger partial charge < -0.3 is 18.9 Å². The van der Waals surface area contributed by atoms with Crippen LogP contribution in [-0.2, 0) is 21.9 Å². The molecule has 50 heavy (non-hydrogen) atoms. The van der Waals surface area contributed by atoms with E-state index in [0.717, 1.165) is 31.0 Å². The first-order valence-electron chi connectivity index (χ1n) is 18.5. The highest BCUT2D eigenvalue weighted by molar-refractivity contribution is 7.97. The molecule has 5 fully saturated rings. The van der Waals surface area contributed by atoms with Crippen LogP contribution in [0.3, 0.4) is 0 Å². The molecule has 8 nitrogen and oxygen atoms in total. The van der Waals surface area contributed by atoms with Crippen molar-refractivity contribution in [1.29, 1.82) is 0 Å². The third-order valence-corrected chi connectivity index (χ3v) is 13.9. The van der Waals surface area contributed by atoms with Crippen LogP contribution in [0.2, 0.25) is 0 Å². The number of piperidine rings is 1. The summed E-state index contributed by atoms with van der Waals surface area (Å²) < 4.78 is 10.9. The number of piperazine rings is 1. The van der Waals surface area contributed by atoms with E-state index < -0.39 is 0 Å². The molecule has 10 rings (SSSR count). The Labute approximate surface area is 299 Å². The summed E-state index contributed by atoms with van der Waals surface area (Å²) >= 11 is 1.35. The van der Waals surface area contributed by atoms with Crippen LogP contribution in [-0.4, -0.2) is 69.5 Å². The van der Waals surface area contributed by atoms with Crippen molar-refractivity contribution in [1.82, 2.24) is 24.1 Å². The number of ether oxygens (including phenoxy) is 1. The number of hydrogen-bond acceptors (Lipinski definition) is 6. The summed E-state index contributed by atoms with van der Waals surface area (Å²) in [5, 5.41) is 1.40. The predicted molar refractivity (Wildman–Crippen MR) is 198 cm³/mol. The minimum atomic E-state index is -0.339. The van der Waals surface area contributed by atoms with Gasteiger partial charge in [0, 0.05) is 48.6 Å². The Balaban J connectivity index is 0.000000241. The molecule has 9 heteroatoms. The molecule has 6 aliphatic rings. The second-order valence-corrected chi connectivity index (χ2v) is 16.3. The van der Waals surface area contributed by atoms with Gasteiger partial charge in [-0.2, -0.15) is 0 Å². The van der Waals surface area contributed by atoms with Crippen molar-refractivity contribution in [2.75, 3.05) is 20.7 Å². The summed E-state index contributed by atoms with van der Waals surface area (Å²) in [5.74, 6) is 2.88. The monoisotopic (exact) mass is 689 g/mol. The Morgan fingerprint density at radius 1 is 1.02 bits per heavy atom. The first kappa shape index (κ1) is 32.1. The molecule has 1 N–H and O–H groups in total. The van der Waals surface area contributed by atoms with Gasteiger partial charge in [-0.25, -0.2) is 0 Å². The van der Waals surface area contributed by atoms with E-state index in [9.17, 15) is 9.59 Å². The molecule has 2 amide bonds. The number of aromatic nitrogens is 2. The number of hydrogen-bond donors (Lipinski definition) is 1. The second kappa shape index (κ2) is 12.2. The summed E-state index contributed by atoms with van der Waals surface area (Å²) in [6, 6.07) is 22.3. The lowest BCUT2D eigenvalue weighted by Crippen LogP contribution is -2.96. The van der Waals surface area contributed by atoms with E-state index in [-0.39, 0.29) is 17.2 Å². The smallest absolute Gasteiger partial charge is 0.231 e. The van der Waals surface area contributed by atoms with E-state index >= 15 is 0 Å². The number of carbonyl (C=O) groups is 2. The van der Waals surface area contributed by atoms with E-state index in [2.05, 4.69) is 73.6 Å². The maximum atomic E-state index is 14.7. The van der Waals surface area contributed by atoms with Crippen LogP contribution in [0.15, 0.2) is 66.9 Å². The summed E-state index contributed by atoms with van der Waals surface area (Å²) in [6.45, 7) is 3.33. The van der Waals surface area contributed by atoms with E-state index in [1.54, 1.807) is 13.3 Å². The Kier molecular flexibility index (Phi) is 7.81. The largest absolute Gasteiger partial charge is 0.497 e. The summed E-state index contributed by atoms with van der Waals surface area (Å²) in [4.78, 5) is 34.1. The van der Waals surface area contributed by atoms with Crippen LogP contribution in [0.25, 0.3) is 22.2 Å². The lowest BCUT2D eigenvalue weighted by Gasteiger charge is -2.80. The van der Waals surface area contributed by atoms with Gasteiger partial charge >= 0.3 is 0 Å². The van der Waals surface area contributed by atoms with Gasteiger partial charge in [0.25, 0.3) is 0 Å². The second-order valence-electron chi connectivity index (χ2n) is 15.5. The molecule has 0 bridgehead atoms. The number of benzene rings is 2. The topological polar surface area (TPSA) is 79.7 Å².